The molecule has 5 nitrogen and oxygen atoms in total. The highest BCUT2D eigenvalue weighted by molar-refractivity contribution is 6.30. The van der Waals surface area contributed by atoms with Gasteiger partial charge in [0.15, 0.2) is 0 Å². The molecule has 1 saturated heterocycles. The third kappa shape index (κ3) is 4.67. The highest BCUT2D eigenvalue weighted by Crippen LogP contribution is 2.35. The molecule has 0 unspecified atom stereocenters. The molecule has 1 aromatic carbocycles. The molecule has 6 heteroatoms. The highest BCUT2D eigenvalue weighted by atomic mass is 35.5. The van der Waals surface area contributed by atoms with Gasteiger partial charge in [0, 0.05) is 56.3 Å². The van der Waals surface area contributed by atoms with Crippen LogP contribution in [0.3, 0.4) is 0 Å². The largest absolute Gasteiger partial charge is 0.347 e. The molecule has 1 aliphatic carbocycles. The van der Waals surface area contributed by atoms with Crippen LogP contribution in [0.4, 0.5) is 5.95 Å². The maximum atomic E-state index is 12.7. The minimum absolute atomic E-state index is 0.289. The molecule has 2 heterocycles. The molecule has 0 bridgehead atoms. The lowest BCUT2D eigenvalue weighted by atomic mass is 9.88. The Morgan fingerprint density at radius 1 is 1.23 bits per heavy atom. The number of amides is 1. The molecule has 0 N–H and O–H groups in total. The van der Waals surface area contributed by atoms with E-state index in [1.165, 1.54) is 0 Å². The second-order valence-electron chi connectivity index (χ2n) is 8.50. The van der Waals surface area contributed by atoms with E-state index in [1.54, 1.807) is 0 Å². The molecule has 1 atom stereocenters. The topological polar surface area (TPSA) is 49.3 Å². The van der Waals surface area contributed by atoms with E-state index in [9.17, 15) is 4.79 Å². The van der Waals surface area contributed by atoms with Gasteiger partial charge in [0.25, 0.3) is 0 Å². The predicted molar refractivity (Wildman–Crippen MR) is 122 cm³/mol. The fraction of sp³-hybridized carbons (Fsp3) is 0.458. The Bertz CT molecular complexity index is 935. The Morgan fingerprint density at radius 2 is 2.03 bits per heavy atom. The zero-order chi connectivity index (χ0) is 21.1. The van der Waals surface area contributed by atoms with Crippen LogP contribution in [0.1, 0.15) is 43.7 Å². The van der Waals surface area contributed by atoms with Gasteiger partial charge < -0.3 is 9.80 Å². The summed E-state index contributed by atoms with van der Waals surface area (Å²) in [6.07, 6.45) is 11.0. The van der Waals surface area contributed by atoms with Crippen molar-refractivity contribution in [1.82, 2.24) is 14.9 Å². The third-order valence-corrected chi connectivity index (χ3v) is 6.36. The molecule has 1 aliphatic heterocycles. The summed E-state index contributed by atoms with van der Waals surface area (Å²) in [6, 6.07) is 7.85. The van der Waals surface area contributed by atoms with Crippen LogP contribution in [0.25, 0.3) is 11.1 Å². The van der Waals surface area contributed by atoms with Crippen molar-refractivity contribution in [3.05, 3.63) is 53.3 Å². The first-order valence-corrected chi connectivity index (χ1v) is 11.1. The van der Waals surface area contributed by atoms with Crippen LogP contribution >= 0.6 is 11.6 Å². The van der Waals surface area contributed by atoms with Gasteiger partial charge in [-0.3, -0.25) is 4.79 Å². The number of allylic oxidation sites excluding steroid dienone is 2. The maximum absolute atomic E-state index is 12.7. The van der Waals surface area contributed by atoms with Crippen LogP contribution in [-0.2, 0) is 4.79 Å². The summed E-state index contributed by atoms with van der Waals surface area (Å²) < 4.78 is 0. The second-order valence-corrected chi connectivity index (χ2v) is 8.93. The monoisotopic (exact) mass is 424 g/mol. The Kier molecular flexibility index (Phi) is 6.38. The van der Waals surface area contributed by atoms with Gasteiger partial charge in [-0.2, -0.15) is 0 Å². The van der Waals surface area contributed by atoms with E-state index in [-0.39, 0.29) is 5.91 Å². The molecule has 158 valence electrons. The summed E-state index contributed by atoms with van der Waals surface area (Å²) in [4.78, 5) is 26.1. The van der Waals surface area contributed by atoms with Crippen molar-refractivity contribution in [2.24, 2.45) is 5.92 Å². The number of hydrogen-bond donors (Lipinski definition) is 0. The van der Waals surface area contributed by atoms with Crippen LogP contribution < -0.4 is 4.90 Å². The summed E-state index contributed by atoms with van der Waals surface area (Å²) >= 11 is 6.24. The summed E-state index contributed by atoms with van der Waals surface area (Å²) in [6.45, 7) is 1.58. The number of carbonyl (C=O) groups excluding carboxylic acids is 1. The number of anilines is 1. The molecule has 1 amide bonds. The SMILES string of the molecule is CN(C)c1ncc(-c2cccc(Cl)c2)c(C2CCN(C(=O)C[C@H]3C=CCC3)CC2)n1. The van der Waals surface area contributed by atoms with Crippen molar-refractivity contribution in [2.75, 3.05) is 32.1 Å². The van der Waals surface area contributed by atoms with E-state index in [0.717, 1.165) is 55.6 Å². The van der Waals surface area contributed by atoms with Crippen LogP contribution in [0, 0.1) is 5.92 Å². The minimum atomic E-state index is 0.289. The number of nitrogens with zero attached hydrogens (tertiary/aromatic N) is 4. The molecular weight excluding hydrogens is 396 g/mol. The van der Waals surface area contributed by atoms with E-state index >= 15 is 0 Å². The summed E-state index contributed by atoms with van der Waals surface area (Å²) in [5.74, 6) is 1.73. The number of halogens is 1. The van der Waals surface area contributed by atoms with E-state index < -0.39 is 0 Å². The van der Waals surface area contributed by atoms with Gasteiger partial charge in [-0.05, 0) is 49.3 Å². The van der Waals surface area contributed by atoms with Gasteiger partial charge in [-0.25, -0.2) is 9.97 Å². The molecule has 2 aromatic rings. The summed E-state index contributed by atoms with van der Waals surface area (Å²) in [5.41, 5.74) is 3.13. The van der Waals surface area contributed by atoms with Gasteiger partial charge in [0.2, 0.25) is 11.9 Å². The smallest absolute Gasteiger partial charge is 0.225 e. The molecule has 0 radical (unpaired) electrons. The van der Waals surface area contributed by atoms with Gasteiger partial charge in [0.1, 0.15) is 0 Å². The molecule has 1 aromatic heterocycles. The molecule has 1 fully saturated rings. The van der Waals surface area contributed by atoms with Gasteiger partial charge in [-0.1, -0.05) is 35.9 Å². The Hall–Kier alpha value is -2.40. The van der Waals surface area contributed by atoms with E-state index in [0.29, 0.717) is 29.2 Å². The summed E-state index contributed by atoms with van der Waals surface area (Å²) in [7, 11) is 3.91. The molecule has 30 heavy (non-hydrogen) atoms. The maximum Gasteiger partial charge on any atom is 0.225 e. The van der Waals surface area contributed by atoms with Crippen LogP contribution in [0.15, 0.2) is 42.6 Å². The lowest BCUT2D eigenvalue weighted by molar-refractivity contribution is -0.132. The first-order valence-electron chi connectivity index (χ1n) is 10.8. The molecule has 0 saturated carbocycles. The number of rotatable bonds is 5. The number of carbonyl (C=O) groups is 1. The first kappa shape index (κ1) is 20.9. The zero-order valence-electron chi connectivity index (χ0n) is 17.7. The number of likely N-dealkylation sites (tertiary alicyclic amines) is 1. The third-order valence-electron chi connectivity index (χ3n) is 6.12. The van der Waals surface area contributed by atoms with Crippen molar-refractivity contribution in [3.8, 4) is 11.1 Å². The number of benzene rings is 1. The average Bonchev–Trinajstić information content (AvgIpc) is 3.26. The molecular formula is C24H29ClN4O. The lowest BCUT2D eigenvalue weighted by Crippen LogP contribution is -2.38. The number of piperidine rings is 1. The Morgan fingerprint density at radius 3 is 2.70 bits per heavy atom. The van der Waals surface area contributed by atoms with E-state index in [1.807, 2.05) is 48.3 Å². The Labute approximate surface area is 183 Å². The normalized spacial score (nSPS) is 19.3. The lowest BCUT2D eigenvalue weighted by Gasteiger charge is -2.33. The highest BCUT2D eigenvalue weighted by Gasteiger charge is 2.28. The van der Waals surface area contributed by atoms with Gasteiger partial charge in [0.05, 0.1) is 5.69 Å². The van der Waals surface area contributed by atoms with Crippen molar-refractivity contribution in [3.63, 3.8) is 0 Å². The number of aromatic nitrogens is 2. The van der Waals surface area contributed by atoms with E-state index in [2.05, 4.69) is 23.2 Å². The van der Waals surface area contributed by atoms with Crippen LogP contribution in [0.5, 0.6) is 0 Å². The average molecular weight is 425 g/mol. The fourth-order valence-corrected chi connectivity index (χ4v) is 4.60. The Balaban J connectivity index is 1.52. The van der Waals surface area contributed by atoms with Gasteiger partial charge in [-0.15, -0.1) is 0 Å². The van der Waals surface area contributed by atoms with E-state index in [4.69, 9.17) is 16.6 Å². The molecule has 4 rings (SSSR count). The van der Waals surface area contributed by atoms with Crippen molar-refractivity contribution < 1.29 is 4.79 Å². The first-order chi connectivity index (χ1) is 14.5. The van der Waals surface area contributed by atoms with Crippen LogP contribution in [-0.4, -0.2) is 48.0 Å². The standard InChI is InChI=1S/C24H29ClN4O/c1-28(2)24-26-16-21(19-8-5-9-20(25)15-19)23(27-24)18-10-12-29(13-11-18)22(30)14-17-6-3-4-7-17/h3,5-6,8-9,15-18H,4,7,10-14H2,1-2H3/t17-/m0/s1. The summed E-state index contributed by atoms with van der Waals surface area (Å²) in [5, 5.41) is 0.705. The second kappa shape index (κ2) is 9.17. The minimum Gasteiger partial charge on any atom is -0.347 e. The van der Waals surface area contributed by atoms with Crippen molar-refractivity contribution >= 4 is 23.5 Å². The van der Waals surface area contributed by atoms with Gasteiger partial charge >= 0.3 is 0 Å². The molecule has 0 spiro atoms. The fourth-order valence-electron chi connectivity index (χ4n) is 4.41. The van der Waals surface area contributed by atoms with Crippen molar-refractivity contribution in [2.45, 2.75) is 38.0 Å². The molecule has 2 aliphatic rings. The predicted octanol–water partition coefficient (Wildman–Crippen LogP) is 4.93. The zero-order valence-corrected chi connectivity index (χ0v) is 18.5. The van der Waals surface area contributed by atoms with Crippen molar-refractivity contribution in [1.29, 1.82) is 0 Å². The van der Waals surface area contributed by atoms with Crippen LogP contribution in [0.2, 0.25) is 5.02 Å². The number of hydrogen-bond acceptors (Lipinski definition) is 4. The quantitative estimate of drug-likeness (QED) is 0.639.